The Bertz CT molecular complexity index is 425. The number of aliphatic hydroxyl groups excluding tert-OH is 7. The molecule has 0 radical (unpaired) electrons. The number of nitrogens with one attached hydrogen (secondary N) is 1. The van der Waals surface area contributed by atoms with Crippen LogP contribution in [0, 0.1) is 0 Å². The van der Waals surface area contributed by atoms with Crippen molar-refractivity contribution in [2.45, 2.75) is 69.9 Å². The molecule has 8 atom stereocenters. The number of carbonyl (C=O) groups is 1. The number of hydrogen-bond donors (Lipinski definition) is 8. The van der Waals surface area contributed by atoms with E-state index in [0.29, 0.717) is 0 Å². The number of amides is 1. The molecule has 0 bridgehead atoms. The second-order valence-electron chi connectivity index (χ2n) is 6.29. The molecule has 12 heteroatoms. The quantitative estimate of drug-likeness (QED) is 0.121. The zero-order valence-electron chi connectivity index (χ0n) is 16.2. The Hall–Kier alpha value is -0.930. The Morgan fingerprint density at radius 3 is 1.82 bits per heavy atom. The van der Waals surface area contributed by atoms with Crippen molar-refractivity contribution in [3.05, 3.63) is 0 Å². The van der Waals surface area contributed by atoms with Crippen LogP contribution in [-0.4, -0.2) is 117 Å². The van der Waals surface area contributed by atoms with Gasteiger partial charge in [-0.1, -0.05) is 0 Å². The number of aliphatic hydroxyl groups is 7. The monoisotopic (exact) mass is 415 g/mol. The molecule has 3 unspecified atom stereocenters. The molecule has 0 aromatic rings. The number of carbonyl (C=O) groups excluding carboxylic acids is 1. The summed E-state index contributed by atoms with van der Waals surface area (Å²) >= 11 is 0. The van der Waals surface area contributed by atoms with Crippen LogP contribution >= 0.6 is 0 Å². The third kappa shape index (κ3) is 9.52. The Labute approximate surface area is 163 Å². The first-order chi connectivity index (χ1) is 13.1. The van der Waals surface area contributed by atoms with Crippen molar-refractivity contribution in [2.75, 3.05) is 26.4 Å². The van der Waals surface area contributed by atoms with E-state index < -0.39 is 81.5 Å². The normalized spacial score (nSPS) is 20.5. The molecule has 0 heterocycles. The molecule has 0 fully saturated rings. The Kier molecular flexibility index (Phi) is 13.6. The molecule has 0 aliphatic rings. The third-order valence-corrected chi connectivity index (χ3v) is 3.80. The predicted octanol–water partition coefficient (Wildman–Crippen LogP) is -3.98. The molecule has 12 nitrogen and oxygen atoms in total. The second kappa shape index (κ2) is 14.1. The highest BCUT2D eigenvalue weighted by Crippen LogP contribution is 2.15. The maximum absolute atomic E-state index is 11.1. The van der Waals surface area contributed by atoms with Crippen molar-refractivity contribution in [1.29, 1.82) is 0 Å². The molecule has 0 aromatic carbocycles. The fourth-order valence-corrected chi connectivity index (χ4v) is 2.15. The molecule has 0 aromatic heterocycles. The zero-order valence-corrected chi connectivity index (χ0v) is 16.2. The van der Waals surface area contributed by atoms with E-state index in [1.165, 1.54) is 20.8 Å². The van der Waals surface area contributed by atoms with E-state index in [1.54, 1.807) is 0 Å². The topological polar surface area (TPSA) is 198 Å². The molecule has 8 N–H and O–H groups in total. The average molecular weight is 415 g/mol. The standard InChI is InChI=1S/C16H33NO11/c1-8(22)16(28-14(7-21)12(24)5-19)26-9(2)13(6-20)27-15(25)11(4-18)17-10(3)23/h8-9,11-16,18-22,24-25H,4-7H2,1-3H3,(H,17,23)/t8-,9-,11-,12+,13?,14?,15?,16+/m0/s1. The second-order valence-corrected chi connectivity index (χ2v) is 6.29. The van der Waals surface area contributed by atoms with E-state index in [2.05, 4.69) is 5.32 Å². The molecule has 28 heavy (non-hydrogen) atoms. The Balaban J connectivity index is 5.00. The van der Waals surface area contributed by atoms with Gasteiger partial charge in [-0.15, -0.1) is 0 Å². The van der Waals surface area contributed by atoms with Crippen molar-refractivity contribution >= 4 is 5.91 Å². The van der Waals surface area contributed by atoms with Crippen LogP contribution in [0.1, 0.15) is 20.8 Å². The zero-order chi connectivity index (χ0) is 21.9. The van der Waals surface area contributed by atoms with Crippen LogP contribution in [0.5, 0.6) is 0 Å². The lowest BCUT2D eigenvalue weighted by atomic mass is 10.2. The summed E-state index contributed by atoms with van der Waals surface area (Å²) in [6.07, 6.45) is -9.03. The van der Waals surface area contributed by atoms with E-state index in [-0.39, 0.29) is 0 Å². The molecule has 1 amide bonds. The van der Waals surface area contributed by atoms with E-state index in [1.807, 2.05) is 0 Å². The van der Waals surface area contributed by atoms with Crippen molar-refractivity contribution in [1.82, 2.24) is 5.32 Å². The van der Waals surface area contributed by atoms with Gasteiger partial charge >= 0.3 is 0 Å². The molecule has 0 rings (SSSR count). The summed E-state index contributed by atoms with van der Waals surface area (Å²) in [4.78, 5) is 11.1. The summed E-state index contributed by atoms with van der Waals surface area (Å²) in [7, 11) is 0. The highest BCUT2D eigenvalue weighted by Gasteiger charge is 2.32. The Morgan fingerprint density at radius 1 is 0.857 bits per heavy atom. The van der Waals surface area contributed by atoms with Gasteiger partial charge in [0.05, 0.1) is 32.5 Å². The predicted molar refractivity (Wildman–Crippen MR) is 93.7 cm³/mol. The summed E-state index contributed by atoms with van der Waals surface area (Å²) in [6, 6.07) is -1.14. The minimum Gasteiger partial charge on any atom is -0.394 e. The first kappa shape index (κ1) is 27.1. The lowest BCUT2D eigenvalue weighted by Gasteiger charge is -2.33. The maximum atomic E-state index is 11.1. The van der Waals surface area contributed by atoms with Crippen molar-refractivity contribution < 1.29 is 54.8 Å². The fraction of sp³-hybridized carbons (Fsp3) is 0.938. The Morgan fingerprint density at radius 2 is 1.43 bits per heavy atom. The average Bonchev–Trinajstić information content (AvgIpc) is 2.65. The van der Waals surface area contributed by atoms with Crippen molar-refractivity contribution in [2.24, 2.45) is 0 Å². The van der Waals surface area contributed by atoms with Gasteiger partial charge in [0.2, 0.25) is 5.91 Å². The van der Waals surface area contributed by atoms with Gasteiger partial charge in [0.25, 0.3) is 0 Å². The molecule has 0 saturated carbocycles. The lowest BCUT2D eigenvalue weighted by molar-refractivity contribution is -0.275. The van der Waals surface area contributed by atoms with E-state index in [9.17, 15) is 35.4 Å². The fourth-order valence-electron chi connectivity index (χ4n) is 2.15. The van der Waals surface area contributed by atoms with Crippen molar-refractivity contribution in [3.8, 4) is 0 Å². The highest BCUT2D eigenvalue weighted by molar-refractivity contribution is 5.73. The van der Waals surface area contributed by atoms with Gasteiger partial charge in [-0.05, 0) is 13.8 Å². The highest BCUT2D eigenvalue weighted by atomic mass is 16.7. The molecule has 168 valence electrons. The largest absolute Gasteiger partial charge is 0.394 e. The van der Waals surface area contributed by atoms with Gasteiger partial charge in [0.15, 0.2) is 12.6 Å². The molecule has 0 saturated heterocycles. The summed E-state index contributed by atoms with van der Waals surface area (Å²) < 4.78 is 16.0. The van der Waals surface area contributed by atoms with Gasteiger partial charge in [-0.3, -0.25) is 4.79 Å². The lowest BCUT2D eigenvalue weighted by Crippen LogP contribution is -2.50. The summed E-state index contributed by atoms with van der Waals surface area (Å²) in [5, 5.41) is 68.6. The first-order valence-corrected chi connectivity index (χ1v) is 8.82. The summed E-state index contributed by atoms with van der Waals surface area (Å²) in [6.45, 7) is 1.36. The maximum Gasteiger partial charge on any atom is 0.217 e. The van der Waals surface area contributed by atoms with E-state index in [4.69, 9.17) is 19.3 Å². The minimum absolute atomic E-state index is 0.508. The molecule has 0 aliphatic heterocycles. The molecular formula is C16H33NO11. The van der Waals surface area contributed by atoms with Gasteiger partial charge in [0, 0.05) is 6.92 Å². The van der Waals surface area contributed by atoms with Gasteiger partial charge < -0.3 is 55.3 Å². The van der Waals surface area contributed by atoms with Gasteiger partial charge in [0.1, 0.15) is 30.5 Å². The van der Waals surface area contributed by atoms with Gasteiger partial charge in [-0.2, -0.15) is 0 Å². The molecule has 0 aliphatic carbocycles. The van der Waals surface area contributed by atoms with Crippen LogP contribution in [-0.2, 0) is 19.0 Å². The molecular weight excluding hydrogens is 382 g/mol. The van der Waals surface area contributed by atoms with Crippen LogP contribution in [0.15, 0.2) is 0 Å². The summed E-state index contributed by atoms with van der Waals surface area (Å²) in [5.74, 6) is -0.508. The number of rotatable bonds is 15. The first-order valence-electron chi connectivity index (χ1n) is 8.82. The van der Waals surface area contributed by atoms with Gasteiger partial charge in [-0.25, -0.2) is 0 Å². The van der Waals surface area contributed by atoms with Crippen LogP contribution < -0.4 is 5.32 Å². The third-order valence-electron chi connectivity index (χ3n) is 3.80. The molecule has 0 spiro atoms. The van der Waals surface area contributed by atoms with Crippen LogP contribution in [0.3, 0.4) is 0 Å². The van der Waals surface area contributed by atoms with Crippen molar-refractivity contribution in [3.63, 3.8) is 0 Å². The van der Waals surface area contributed by atoms with Crippen LogP contribution in [0.2, 0.25) is 0 Å². The smallest absolute Gasteiger partial charge is 0.217 e. The summed E-state index contributed by atoms with van der Waals surface area (Å²) in [5.41, 5.74) is 0. The van der Waals surface area contributed by atoms with E-state index in [0.717, 1.165) is 0 Å². The number of hydrogen-bond acceptors (Lipinski definition) is 11. The van der Waals surface area contributed by atoms with Crippen LogP contribution in [0.4, 0.5) is 0 Å². The minimum atomic E-state index is -1.66. The van der Waals surface area contributed by atoms with E-state index >= 15 is 0 Å². The van der Waals surface area contributed by atoms with Crippen LogP contribution in [0.25, 0.3) is 0 Å². The number of ether oxygens (including phenoxy) is 3. The SMILES string of the molecule is CC(=O)N[C@@H](CO)C(O)OC(CO)[C@H](C)O[C@H](OC(CO)[C@H](O)CO)[C@H](C)O.